The van der Waals surface area contributed by atoms with Gasteiger partial charge < -0.3 is 10.0 Å². The number of hydrogen-bond acceptors (Lipinski definition) is 2. The van der Waals surface area contributed by atoms with Crippen molar-refractivity contribution < 1.29 is 9.90 Å². The Morgan fingerprint density at radius 2 is 1.81 bits per heavy atom. The van der Waals surface area contributed by atoms with Crippen molar-refractivity contribution in [2.45, 2.75) is 26.8 Å². The Balaban J connectivity index is 2.90. The fourth-order valence-corrected chi connectivity index (χ4v) is 1.65. The molecule has 0 aliphatic rings. The van der Waals surface area contributed by atoms with E-state index in [4.69, 9.17) is 0 Å². The highest BCUT2D eigenvalue weighted by Crippen LogP contribution is 2.27. The summed E-state index contributed by atoms with van der Waals surface area (Å²) in [6.45, 7) is 5.65. The van der Waals surface area contributed by atoms with E-state index in [2.05, 4.69) is 0 Å². The van der Waals surface area contributed by atoms with Crippen molar-refractivity contribution in [2.75, 3.05) is 7.05 Å². The Labute approximate surface area is 96.7 Å². The molecule has 0 spiro atoms. The molecule has 1 aromatic carbocycles. The van der Waals surface area contributed by atoms with Crippen molar-refractivity contribution in [3.8, 4) is 5.75 Å². The Kier molecular flexibility index (Phi) is 3.93. The predicted octanol–water partition coefficient (Wildman–Crippen LogP) is 2.57. The topological polar surface area (TPSA) is 40.5 Å². The summed E-state index contributed by atoms with van der Waals surface area (Å²) in [5, 5.41) is 9.71. The van der Waals surface area contributed by atoms with Crippen molar-refractivity contribution in [1.29, 1.82) is 0 Å². The third-order valence-corrected chi connectivity index (χ3v) is 2.81. The highest BCUT2D eigenvalue weighted by atomic mass is 16.3. The zero-order valence-corrected chi connectivity index (χ0v) is 10.3. The number of carbonyl (C=O) groups is 1. The van der Waals surface area contributed by atoms with E-state index in [1.165, 1.54) is 0 Å². The predicted molar refractivity (Wildman–Crippen MR) is 64.1 cm³/mol. The van der Waals surface area contributed by atoms with Gasteiger partial charge in [-0.05, 0) is 13.0 Å². The summed E-state index contributed by atoms with van der Waals surface area (Å²) < 4.78 is 0. The fraction of sp³-hybridized carbons (Fsp3) is 0.462. The lowest BCUT2D eigenvalue weighted by Gasteiger charge is -2.27. The molecule has 1 unspecified atom stereocenters. The van der Waals surface area contributed by atoms with Crippen LogP contribution >= 0.6 is 0 Å². The minimum atomic E-state index is -0.115. The number of phenolic OH excluding ortho intramolecular Hbond substituents is 1. The molecule has 88 valence electrons. The minimum Gasteiger partial charge on any atom is -0.508 e. The first kappa shape index (κ1) is 12.6. The van der Waals surface area contributed by atoms with Crippen LogP contribution in [0.2, 0.25) is 0 Å². The van der Waals surface area contributed by atoms with Crippen LogP contribution in [0.25, 0.3) is 0 Å². The first-order chi connectivity index (χ1) is 7.45. The van der Waals surface area contributed by atoms with Gasteiger partial charge in [0.2, 0.25) is 5.91 Å². The lowest BCUT2D eigenvalue weighted by atomic mass is 10.0. The molecule has 1 rings (SSSR count). The second kappa shape index (κ2) is 5.01. The zero-order chi connectivity index (χ0) is 12.3. The third-order valence-electron chi connectivity index (χ3n) is 2.81. The van der Waals surface area contributed by atoms with E-state index in [1.807, 2.05) is 32.9 Å². The quantitative estimate of drug-likeness (QED) is 0.852. The van der Waals surface area contributed by atoms with Gasteiger partial charge in [0.05, 0.1) is 6.04 Å². The molecular formula is C13H19NO2. The molecule has 1 aromatic rings. The maximum absolute atomic E-state index is 11.8. The smallest absolute Gasteiger partial charge is 0.225 e. The van der Waals surface area contributed by atoms with Crippen molar-refractivity contribution >= 4 is 5.91 Å². The lowest BCUT2D eigenvalue weighted by Crippen LogP contribution is -2.32. The summed E-state index contributed by atoms with van der Waals surface area (Å²) in [4.78, 5) is 13.5. The largest absolute Gasteiger partial charge is 0.508 e. The molecule has 0 saturated heterocycles. The molecule has 0 aliphatic heterocycles. The highest BCUT2D eigenvalue weighted by Gasteiger charge is 2.21. The van der Waals surface area contributed by atoms with Gasteiger partial charge in [-0.25, -0.2) is 0 Å². The first-order valence-electron chi connectivity index (χ1n) is 5.49. The van der Waals surface area contributed by atoms with E-state index >= 15 is 0 Å². The molecule has 1 atom stereocenters. The SMILES string of the molecule is CC(C)C(=O)N(C)C(C)c1ccccc1O. The number of nitrogens with zero attached hydrogens (tertiary/aromatic N) is 1. The maximum atomic E-state index is 11.8. The Morgan fingerprint density at radius 1 is 1.25 bits per heavy atom. The van der Waals surface area contributed by atoms with Crippen molar-refractivity contribution in [1.82, 2.24) is 4.90 Å². The second-order valence-corrected chi connectivity index (χ2v) is 4.34. The lowest BCUT2D eigenvalue weighted by molar-refractivity contribution is -0.135. The van der Waals surface area contributed by atoms with Gasteiger partial charge in [-0.3, -0.25) is 4.79 Å². The van der Waals surface area contributed by atoms with E-state index in [9.17, 15) is 9.90 Å². The molecule has 0 bridgehead atoms. The monoisotopic (exact) mass is 221 g/mol. The minimum absolute atomic E-state index is 0.0293. The number of para-hydroxylation sites is 1. The van der Waals surface area contributed by atoms with Crippen LogP contribution in [-0.4, -0.2) is 23.0 Å². The van der Waals surface area contributed by atoms with Crippen LogP contribution in [-0.2, 0) is 4.79 Å². The Morgan fingerprint density at radius 3 is 2.31 bits per heavy atom. The van der Waals surface area contributed by atoms with E-state index in [0.717, 1.165) is 5.56 Å². The van der Waals surface area contributed by atoms with Crippen LogP contribution in [0.4, 0.5) is 0 Å². The van der Waals surface area contributed by atoms with Crippen LogP contribution in [0.15, 0.2) is 24.3 Å². The maximum Gasteiger partial charge on any atom is 0.225 e. The van der Waals surface area contributed by atoms with Crippen LogP contribution in [0, 0.1) is 5.92 Å². The molecule has 0 aliphatic carbocycles. The van der Waals surface area contributed by atoms with E-state index in [1.54, 1.807) is 24.1 Å². The van der Waals surface area contributed by atoms with Crippen LogP contribution in [0.5, 0.6) is 5.75 Å². The molecule has 3 heteroatoms. The van der Waals surface area contributed by atoms with E-state index in [-0.39, 0.29) is 23.6 Å². The summed E-state index contributed by atoms with van der Waals surface area (Å²) in [6, 6.07) is 7.00. The molecule has 0 fully saturated rings. The van der Waals surface area contributed by atoms with Crippen molar-refractivity contribution in [3.05, 3.63) is 29.8 Å². The van der Waals surface area contributed by atoms with Crippen LogP contribution in [0.3, 0.4) is 0 Å². The molecule has 1 N–H and O–H groups in total. The zero-order valence-electron chi connectivity index (χ0n) is 10.3. The van der Waals surface area contributed by atoms with Gasteiger partial charge in [0.1, 0.15) is 5.75 Å². The first-order valence-corrected chi connectivity index (χ1v) is 5.49. The van der Waals surface area contributed by atoms with Gasteiger partial charge in [-0.2, -0.15) is 0 Å². The van der Waals surface area contributed by atoms with Gasteiger partial charge in [-0.1, -0.05) is 32.0 Å². The summed E-state index contributed by atoms with van der Waals surface area (Å²) in [7, 11) is 1.76. The number of amides is 1. The van der Waals surface area contributed by atoms with Crippen molar-refractivity contribution in [2.24, 2.45) is 5.92 Å². The summed E-state index contributed by atoms with van der Waals surface area (Å²) >= 11 is 0. The van der Waals surface area contributed by atoms with E-state index < -0.39 is 0 Å². The summed E-state index contributed by atoms with van der Waals surface area (Å²) in [5.74, 6) is 0.285. The van der Waals surface area contributed by atoms with Gasteiger partial charge >= 0.3 is 0 Å². The fourth-order valence-electron chi connectivity index (χ4n) is 1.65. The normalized spacial score (nSPS) is 12.6. The number of rotatable bonds is 3. The van der Waals surface area contributed by atoms with Crippen LogP contribution < -0.4 is 0 Å². The molecule has 1 amide bonds. The van der Waals surface area contributed by atoms with Gasteiger partial charge in [-0.15, -0.1) is 0 Å². The summed E-state index contributed by atoms with van der Waals surface area (Å²) in [5.41, 5.74) is 0.777. The molecule has 16 heavy (non-hydrogen) atoms. The van der Waals surface area contributed by atoms with Crippen molar-refractivity contribution in [3.63, 3.8) is 0 Å². The molecule has 3 nitrogen and oxygen atoms in total. The molecule has 0 radical (unpaired) electrons. The molecule has 0 aromatic heterocycles. The number of aromatic hydroxyl groups is 1. The number of hydrogen-bond donors (Lipinski definition) is 1. The number of phenols is 1. The molecule has 0 heterocycles. The standard InChI is InChI=1S/C13H19NO2/c1-9(2)13(16)14(4)10(3)11-7-5-6-8-12(11)15/h5-10,15H,1-4H3. The molecule has 0 saturated carbocycles. The van der Waals surface area contributed by atoms with Gasteiger partial charge in [0.15, 0.2) is 0 Å². The average molecular weight is 221 g/mol. The van der Waals surface area contributed by atoms with E-state index in [0.29, 0.717) is 0 Å². The Bertz CT molecular complexity index is 374. The van der Waals surface area contributed by atoms with Gasteiger partial charge in [0.25, 0.3) is 0 Å². The second-order valence-electron chi connectivity index (χ2n) is 4.34. The van der Waals surface area contributed by atoms with Gasteiger partial charge in [0, 0.05) is 18.5 Å². The third kappa shape index (κ3) is 2.54. The van der Waals surface area contributed by atoms with Crippen LogP contribution in [0.1, 0.15) is 32.4 Å². The Hall–Kier alpha value is -1.51. The summed E-state index contributed by atoms with van der Waals surface area (Å²) in [6.07, 6.45) is 0. The number of carbonyl (C=O) groups excluding carboxylic acids is 1. The highest BCUT2D eigenvalue weighted by molar-refractivity contribution is 5.78. The molecular weight excluding hydrogens is 202 g/mol. The average Bonchev–Trinajstić information content (AvgIpc) is 2.26. The number of benzene rings is 1.